The molecule has 4 rings (SSSR count). The Kier molecular flexibility index (Phi) is 5.49. The van der Waals surface area contributed by atoms with E-state index in [2.05, 4.69) is 33.4 Å². The second-order valence-corrected chi connectivity index (χ2v) is 7.64. The van der Waals surface area contributed by atoms with Crippen molar-refractivity contribution in [2.24, 2.45) is 0 Å². The lowest BCUT2D eigenvalue weighted by Gasteiger charge is -2.21. The number of benzene rings is 2. The molecule has 1 amide bonds. The Balaban J connectivity index is 1.36. The first kappa shape index (κ1) is 17.7. The molecule has 5 heteroatoms. The molecule has 27 heavy (non-hydrogen) atoms. The molecule has 1 aliphatic heterocycles. The molecule has 4 nitrogen and oxygen atoms in total. The van der Waals surface area contributed by atoms with E-state index in [4.69, 9.17) is 0 Å². The van der Waals surface area contributed by atoms with E-state index in [9.17, 15) is 4.79 Å². The minimum Gasteiger partial charge on any atom is -0.371 e. The normalized spacial score (nSPS) is 13.7. The molecule has 0 radical (unpaired) electrons. The molecule has 0 bridgehead atoms. The molecule has 0 atom stereocenters. The summed E-state index contributed by atoms with van der Waals surface area (Å²) in [5.74, 6) is 0.0103. The van der Waals surface area contributed by atoms with Crippen LogP contribution in [0.1, 0.15) is 24.1 Å². The number of hydrogen-bond donors (Lipinski definition) is 1. The van der Waals surface area contributed by atoms with Crippen molar-refractivity contribution in [2.75, 3.05) is 18.0 Å². The molecular formula is C22H23N3OS. The number of aromatic nitrogens is 1. The van der Waals surface area contributed by atoms with E-state index in [1.807, 2.05) is 41.8 Å². The number of carbonyl (C=O) groups excluding carboxylic acids is 1. The predicted octanol–water partition coefficient (Wildman–Crippen LogP) is 4.27. The number of thiazole rings is 1. The molecule has 1 saturated heterocycles. The standard InChI is InChI=1S/C22H23N3OS/c26-21(14-19-16-27-22(24-19)17-8-2-1-3-9-17)23-15-18-10-4-5-11-20(18)25-12-6-7-13-25/h1-5,8-11,16H,6-7,12-15H2,(H,23,26). The third kappa shape index (κ3) is 4.37. The van der Waals surface area contributed by atoms with Gasteiger partial charge in [0.2, 0.25) is 5.91 Å². The molecule has 1 N–H and O–H groups in total. The minimum atomic E-state index is 0.0103. The van der Waals surface area contributed by atoms with Crippen LogP contribution in [-0.2, 0) is 17.8 Å². The Bertz CT molecular complexity index is 901. The van der Waals surface area contributed by atoms with Gasteiger partial charge in [0.1, 0.15) is 5.01 Å². The molecule has 0 unspecified atom stereocenters. The topological polar surface area (TPSA) is 45.2 Å². The molecule has 0 saturated carbocycles. The Morgan fingerprint density at radius 2 is 1.78 bits per heavy atom. The van der Waals surface area contributed by atoms with E-state index in [0.29, 0.717) is 13.0 Å². The number of amides is 1. The molecule has 1 aliphatic rings. The summed E-state index contributed by atoms with van der Waals surface area (Å²) >= 11 is 1.58. The fraction of sp³-hybridized carbons (Fsp3) is 0.273. The highest BCUT2D eigenvalue weighted by Gasteiger charge is 2.16. The van der Waals surface area contributed by atoms with Gasteiger partial charge in [-0.2, -0.15) is 0 Å². The smallest absolute Gasteiger partial charge is 0.226 e. The van der Waals surface area contributed by atoms with E-state index < -0.39 is 0 Å². The van der Waals surface area contributed by atoms with E-state index in [-0.39, 0.29) is 5.91 Å². The van der Waals surface area contributed by atoms with Crippen molar-refractivity contribution in [3.8, 4) is 10.6 Å². The fourth-order valence-electron chi connectivity index (χ4n) is 3.45. The first-order valence-corrected chi connectivity index (χ1v) is 10.3. The number of para-hydroxylation sites is 1. The molecular weight excluding hydrogens is 354 g/mol. The van der Waals surface area contributed by atoms with Crippen molar-refractivity contribution >= 4 is 22.9 Å². The van der Waals surface area contributed by atoms with Crippen molar-refractivity contribution < 1.29 is 4.79 Å². The van der Waals surface area contributed by atoms with Crippen molar-refractivity contribution in [1.29, 1.82) is 0 Å². The maximum absolute atomic E-state index is 12.4. The summed E-state index contributed by atoms with van der Waals surface area (Å²) in [4.78, 5) is 19.4. The third-order valence-corrected chi connectivity index (χ3v) is 5.77. The highest BCUT2D eigenvalue weighted by molar-refractivity contribution is 7.13. The van der Waals surface area contributed by atoms with Crippen LogP contribution in [0.4, 0.5) is 5.69 Å². The lowest BCUT2D eigenvalue weighted by Crippen LogP contribution is -2.26. The van der Waals surface area contributed by atoms with Crippen LogP contribution >= 0.6 is 11.3 Å². The fourth-order valence-corrected chi connectivity index (χ4v) is 4.27. The largest absolute Gasteiger partial charge is 0.371 e. The van der Waals surface area contributed by atoms with Crippen LogP contribution in [0.2, 0.25) is 0 Å². The van der Waals surface area contributed by atoms with Gasteiger partial charge in [0.15, 0.2) is 0 Å². The van der Waals surface area contributed by atoms with Crippen LogP contribution < -0.4 is 10.2 Å². The second kappa shape index (κ2) is 8.35. The van der Waals surface area contributed by atoms with Crippen LogP contribution in [0, 0.1) is 0 Å². The maximum atomic E-state index is 12.4. The zero-order valence-corrected chi connectivity index (χ0v) is 16.0. The first-order valence-electron chi connectivity index (χ1n) is 9.39. The SMILES string of the molecule is O=C(Cc1csc(-c2ccccc2)n1)NCc1ccccc1N1CCCC1. The van der Waals surface area contributed by atoms with Gasteiger partial charge in [-0.15, -0.1) is 11.3 Å². The Labute approximate surface area is 163 Å². The summed E-state index contributed by atoms with van der Waals surface area (Å²) < 4.78 is 0. The number of hydrogen-bond acceptors (Lipinski definition) is 4. The van der Waals surface area contributed by atoms with E-state index in [0.717, 1.165) is 29.4 Å². The Morgan fingerprint density at radius 3 is 2.59 bits per heavy atom. The van der Waals surface area contributed by atoms with Crippen molar-refractivity contribution in [1.82, 2.24) is 10.3 Å². The van der Waals surface area contributed by atoms with Gasteiger partial charge < -0.3 is 10.2 Å². The monoisotopic (exact) mass is 377 g/mol. The van der Waals surface area contributed by atoms with E-state index in [1.54, 1.807) is 11.3 Å². The predicted molar refractivity (Wildman–Crippen MR) is 111 cm³/mol. The van der Waals surface area contributed by atoms with Crippen LogP contribution in [0.25, 0.3) is 10.6 Å². The minimum absolute atomic E-state index is 0.0103. The summed E-state index contributed by atoms with van der Waals surface area (Å²) in [6.45, 7) is 2.76. The van der Waals surface area contributed by atoms with Gasteiger partial charge in [-0.25, -0.2) is 4.98 Å². The van der Waals surface area contributed by atoms with Gasteiger partial charge >= 0.3 is 0 Å². The van der Waals surface area contributed by atoms with Gasteiger partial charge in [-0.3, -0.25) is 4.79 Å². The highest BCUT2D eigenvalue weighted by atomic mass is 32.1. The number of rotatable bonds is 6. The average Bonchev–Trinajstić information content (AvgIpc) is 3.40. The quantitative estimate of drug-likeness (QED) is 0.698. The molecule has 3 aromatic rings. The second-order valence-electron chi connectivity index (χ2n) is 6.79. The summed E-state index contributed by atoms with van der Waals surface area (Å²) in [6, 6.07) is 18.4. The Hall–Kier alpha value is -2.66. The van der Waals surface area contributed by atoms with Crippen LogP contribution in [0.3, 0.4) is 0 Å². The summed E-state index contributed by atoms with van der Waals surface area (Å²) in [5.41, 5.74) is 4.34. The van der Waals surface area contributed by atoms with E-state index >= 15 is 0 Å². The highest BCUT2D eigenvalue weighted by Crippen LogP contribution is 2.25. The lowest BCUT2D eigenvalue weighted by molar-refractivity contribution is -0.120. The number of carbonyl (C=O) groups is 1. The van der Waals surface area contributed by atoms with Gasteiger partial charge in [0.05, 0.1) is 12.1 Å². The zero-order valence-electron chi connectivity index (χ0n) is 15.2. The summed E-state index contributed by atoms with van der Waals surface area (Å²) in [6.07, 6.45) is 2.80. The van der Waals surface area contributed by atoms with Gasteiger partial charge in [0.25, 0.3) is 0 Å². The Morgan fingerprint density at radius 1 is 1.04 bits per heavy atom. The van der Waals surface area contributed by atoms with Gasteiger partial charge in [-0.1, -0.05) is 48.5 Å². The molecule has 0 spiro atoms. The number of nitrogens with one attached hydrogen (secondary N) is 1. The molecule has 138 valence electrons. The zero-order chi connectivity index (χ0) is 18.5. The van der Waals surface area contributed by atoms with E-state index in [1.165, 1.54) is 24.1 Å². The van der Waals surface area contributed by atoms with Gasteiger partial charge in [-0.05, 0) is 24.5 Å². The molecule has 1 fully saturated rings. The first-order chi connectivity index (χ1) is 13.3. The molecule has 2 aromatic carbocycles. The number of nitrogens with zero attached hydrogens (tertiary/aromatic N) is 2. The van der Waals surface area contributed by atoms with Gasteiger partial charge in [0, 0.05) is 36.3 Å². The third-order valence-electron chi connectivity index (χ3n) is 4.83. The maximum Gasteiger partial charge on any atom is 0.226 e. The molecule has 1 aromatic heterocycles. The van der Waals surface area contributed by atoms with Crippen molar-refractivity contribution in [2.45, 2.75) is 25.8 Å². The summed E-state index contributed by atoms with van der Waals surface area (Å²) in [7, 11) is 0. The number of anilines is 1. The molecule has 0 aliphatic carbocycles. The van der Waals surface area contributed by atoms with Crippen molar-refractivity contribution in [3.63, 3.8) is 0 Å². The molecule has 2 heterocycles. The summed E-state index contributed by atoms with van der Waals surface area (Å²) in [5, 5.41) is 5.99. The van der Waals surface area contributed by atoms with Crippen LogP contribution in [0.5, 0.6) is 0 Å². The average molecular weight is 378 g/mol. The van der Waals surface area contributed by atoms with Crippen LogP contribution in [0.15, 0.2) is 60.0 Å². The van der Waals surface area contributed by atoms with Crippen LogP contribution in [-0.4, -0.2) is 24.0 Å². The van der Waals surface area contributed by atoms with Crippen molar-refractivity contribution in [3.05, 3.63) is 71.2 Å². The lowest BCUT2D eigenvalue weighted by atomic mass is 10.1.